The number of rotatable bonds is 7. The molecule has 3 aromatic carbocycles. The number of carbonyl (C=O) groups excluding carboxylic acids is 1. The smallest absolute Gasteiger partial charge is 0.261 e. The van der Waals surface area contributed by atoms with E-state index >= 15 is 0 Å². The maximum absolute atomic E-state index is 12.5. The summed E-state index contributed by atoms with van der Waals surface area (Å²) in [6.07, 6.45) is 0. The summed E-state index contributed by atoms with van der Waals surface area (Å²) in [5.41, 5.74) is 1.10. The fraction of sp³-hybridized carbons (Fsp3) is 0.0500. The first kappa shape index (κ1) is 21.3. The summed E-state index contributed by atoms with van der Waals surface area (Å²) in [5, 5.41) is 2.55. The van der Waals surface area contributed by atoms with E-state index in [0.29, 0.717) is 11.4 Å². The lowest BCUT2D eigenvalue weighted by atomic mass is 10.3. The van der Waals surface area contributed by atoms with Gasteiger partial charge in [-0.2, -0.15) is 0 Å². The Morgan fingerprint density at radius 1 is 0.600 bits per heavy atom. The van der Waals surface area contributed by atoms with Crippen molar-refractivity contribution in [2.75, 3.05) is 14.8 Å². The van der Waals surface area contributed by atoms with E-state index in [4.69, 9.17) is 0 Å². The molecule has 1 amide bonds. The summed E-state index contributed by atoms with van der Waals surface area (Å²) in [7, 11) is -7.69. The Kier molecular flexibility index (Phi) is 6.09. The van der Waals surface area contributed by atoms with E-state index in [9.17, 15) is 21.6 Å². The molecule has 0 heterocycles. The van der Waals surface area contributed by atoms with E-state index < -0.39 is 20.0 Å². The van der Waals surface area contributed by atoms with Gasteiger partial charge in [0, 0.05) is 24.0 Å². The van der Waals surface area contributed by atoms with E-state index in [0.717, 1.165) is 0 Å². The van der Waals surface area contributed by atoms with Crippen molar-refractivity contribution in [1.82, 2.24) is 0 Å². The summed E-state index contributed by atoms with van der Waals surface area (Å²) < 4.78 is 54.8. The van der Waals surface area contributed by atoms with E-state index in [2.05, 4.69) is 14.8 Å². The predicted molar refractivity (Wildman–Crippen MR) is 115 cm³/mol. The minimum Gasteiger partial charge on any atom is -0.326 e. The standard InChI is InChI=1S/C20H19N3O5S2/c1-15(24)21-16-7-11-19(12-8-16)30(27,28)23-18-9-13-20(14-10-18)29(25,26)22-17-5-3-2-4-6-17/h2-14,22-23H,1H3,(H,21,24). The molecule has 0 aliphatic carbocycles. The molecule has 0 saturated carbocycles. The van der Waals surface area contributed by atoms with Gasteiger partial charge in [0.1, 0.15) is 0 Å². The molecule has 0 aliphatic heterocycles. The van der Waals surface area contributed by atoms with Crippen LogP contribution in [0, 0.1) is 0 Å². The highest BCUT2D eigenvalue weighted by Crippen LogP contribution is 2.21. The molecule has 0 aliphatic rings. The van der Waals surface area contributed by atoms with Crippen molar-refractivity contribution in [3.05, 3.63) is 78.9 Å². The minimum atomic E-state index is -3.88. The third kappa shape index (κ3) is 5.37. The van der Waals surface area contributed by atoms with Crippen LogP contribution in [0.1, 0.15) is 6.92 Å². The van der Waals surface area contributed by atoms with Gasteiger partial charge in [-0.1, -0.05) is 18.2 Å². The van der Waals surface area contributed by atoms with Crippen LogP contribution in [0.5, 0.6) is 0 Å². The number of benzene rings is 3. The zero-order valence-corrected chi connectivity index (χ0v) is 17.5. The van der Waals surface area contributed by atoms with Gasteiger partial charge in [-0.25, -0.2) is 16.8 Å². The molecule has 0 atom stereocenters. The van der Waals surface area contributed by atoms with Crippen LogP contribution in [0.25, 0.3) is 0 Å². The van der Waals surface area contributed by atoms with Gasteiger partial charge in [0.25, 0.3) is 20.0 Å². The highest BCUT2D eigenvalue weighted by Gasteiger charge is 2.17. The molecule has 0 fully saturated rings. The molecule has 0 spiro atoms. The highest BCUT2D eigenvalue weighted by atomic mass is 32.2. The molecular weight excluding hydrogens is 426 g/mol. The van der Waals surface area contributed by atoms with Crippen molar-refractivity contribution >= 4 is 43.0 Å². The highest BCUT2D eigenvalue weighted by molar-refractivity contribution is 7.93. The first-order valence-electron chi connectivity index (χ1n) is 8.74. The van der Waals surface area contributed by atoms with Crippen molar-refractivity contribution in [3.63, 3.8) is 0 Å². The fourth-order valence-corrected chi connectivity index (χ4v) is 4.67. The molecule has 0 radical (unpaired) electrons. The number of hydrogen-bond acceptors (Lipinski definition) is 5. The van der Waals surface area contributed by atoms with Gasteiger partial charge in [0.15, 0.2) is 0 Å². The van der Waals surface area contributed by atoms with Crippen molar-refractivity contribution in [1.29, 1.82) is 0 Å². The molecule has 0 aromatic heterocycles. The van der Waals surface area contributed by atoms with E-state index in [1.54, 1.807) is 30.3 Å². The van der Waals surface area contributed by atoms with Crippen LogP contribution in [0.2, 0.25) is 0 Å². The van der Waals surface area contributed by atoms with E-state index in [1.165, 1.54) is 55.5 Å². The van der Waals surface area contributed by atoms with Gasteiger partial charge in [-0.15, -0.1) is 0 Å². The van der Waals surface area contributed by atoms with Gasteiger partial charge < -0.3 is 5.32 Å². The number of sulfonamides is 2. The zero-order valence-electron chi connectivity index (χ0n) is 15.9. The Labute approximate surface area is 175 Å². The van der Waals surface area contributed by atoms with Gasteiger partial charge in [-0.05, 0) is 60.7 Å². The van der Waals surface area contributed by atoms with Crippen molar-refractivity contribution < 1.29 is 21.6 Å². The lowest BCUT2D eigenvalue weighted by molar-refractivity contribution is -0.114. The van der Waals surface area contributed by atoms with Crippen molar-refractivity contribution in [2.24, 2.45) is 0 Å². The lowest BCUT2D eigenvalue weighted by Crippen LogP contribution is -2.14. The first-order chi connectivity index (χ1) is 14.2. The van der Waals surface area contributed by atoms with E-state index in [-0.39, 0.29) is 21.4 Å². The second kappa shape index (κ2) is 8.56. The largest absolute Gasteiger partial charge is 0.326 e. The molecule has 3 N–H and O–H groups in total. The van der Waals surface area contributed by atoms with Crippen LogP contribution >= 0.6 is 0 Å². The zero-order chi connectivity index (χ0) is 21.8. The van der Waals surface area contributed by atoms with Gasteiger partial charge in [0.05, 0.1) is 9.79 Å². The summed E-state index contributed by atoms with van der Waals surface area (Å²) in [6.45, 7) is 1.35. The molecule has 30 heavy (non-hydrogen) atoms. The molecule has 3 rings (SSSR count). The summed E-state index contributed by atoms with van der Waals surface area (Å²) >= 11 is 0. The van der Waals surface area contributed by atoms with E-state index in [1.807, 2.05) is 0 Å². The van der Waals surface area contributed by atoms with Gasteiger partial charge in [-0.3, -0.25) is 14.2 Å². The Hall–Kier alpha value is -3.37. The second-order valence-corrected chi connectivity index (χ2v) is 9.67. The molecule has 3 aromatic rings. The molecule has 0 unspecified atom stereocenters. The SMILES string of the molecule is CC(=O)Nc1ccc(S(=O)(=O)Nc2ccc(S(=O)(=O)Nc3ccccc3)cc2)cc1. The lowest BCUT2D eigenvalue weighted by Gasteiger charge is -2.11. The Bertz CT molecular complexity index is 1240. The van der Waals surface area contributed by atoms with Gasteiger partial charge in [0.2, 0.25) is 5.91 Å². The van der Waals surface area contributed by atoms with Crippen LogP contribution in [0.4, 0.5) is 17.1 Å². The Balaban J connectivity index is 1.73. The summed E-state index contributed by atoms with van der Waals surface area (Å²) in [4.78, 5) is 11.0. The van der Waals surface area contributed by atoms with Crippen LogP contribution in [-0.2, 0) is 24.8 Å². The number of nitrogens with one attached hydrogen (secondary N) is 3. The third-order valence-electron chi connectivity index (χ3n) is 3.93. The average molecular weight is 446 g/mol. The minimum absolute atomic E-state index is 0.000885. The number of anilines is 3. The summed E-state index contributed by atoms with van der Waals surface area (Å²) in [5.74, 6) is -0.263. The first-order valence-corrected chi connectivity index (χ1v) is 11.7. The van der Waals surface area contributed by atoms with Crippen LogP contribution < -0.4 is 14.8 Å². The van der Waals surface area contributed by atoms with Gasteiger partial charge >= 0.3 is 0 Å². The quantitative estimate of drug-likeness (QED) is 0.515. The van der Waals surface area contributed by atoms with Crippen LogP contribution in [0.15, 0.2) is 88.7 Å². The molecule has 0 saturated heterocycles. The average Bonchev–Trinajstić information content (AvgIpc) is 2.68. The maximum atomic E-state index is 12.5. The van der Waals surface area contributed by atoms with Crippen LogP contribution in [0.3, 0.4) is 0 Å². The number of amides is 1. The van der Waals surface area contributed by atoms with Crippen LogP contribution in [-0.4, -0.2) is 22.7 Å². The third-order valence-corrected chi connectivity index (χ3v) is 6.72. The monoisotopic (exact) mass is 445 g/mol. The number of para-hydroxylation sites is 1. The number of carbonyl (C=O) groups is 1. The number of hydrogen-bond donors (Lipinski definition) is 3. The molecule has 8 nitrogen and oxygen atoms in total. The summed E-state index contributed by atoms with van der Waals surface area (Å²) in [6, 6.07) is 19.4. The van der Waals surface area contributed by atoms with Crippen molar-refractivity contribution in [2.45, 2.75) is 16.7 Å². The Morgan fingerprint density at radius 3 is 1.43 bits per heavy atom. The maximum Gasteiger partial charge on any atom is 0.261 e. The second-order valence-electron chi connectivity index (χ2n) is 6.31. The normalized spacial score (nSPS) is 11.5. The fourth-order valence-electron chi connectivity index (χ4n) is 2.56. The molecular formula is C20H19N3O5S2. The topological polar surface area (TPSA) is 121 Å². The molecule has 10 heteroatoms. The predicted octanol–water partition coefficient (Wildman–Crippen LogP) is 3.25. The Morgan fingerprint density at radius 2 is 1.00 bits per heavy atom. The molecule has 156 valence electrons. The van der Waals surface area contributed by atoms with Crippen molar-refractivity contribution in [3.8, 4) is 0 Å². The molecule has 0 bridgehead atoms.